The number of aryl methyl sites for hydroxylation is 1. The number of carbonyl (C=O) groups is 1. The first-order chi connectivity index (χ1) is 10.7. The fourth-order valence-corrected chi connectivity index (χ4v) is 2.79. The highest BCUT2D eigenvalue weighted by molar-refractivity contribution is 5.83. The van der Waals surface area contributed by atoms with Crippen LogP contribution in [0.1, 0.15) is 29.6 Å². The van der Waals surface area contributed by atoms with E-state index in [4.69, 9.17) is 4.74 Å². The molecular formula is C16H20N4O2. The van der Waals surface area contributed by atoms with Gasteiger partial charge in [-0.3, -0.25) is 9.48 Å². The fourth-order valence-electron chi connectivity index (χ4n) is 2.79. The van der Waals surface area contributed by atoms with Crippen LogP contribution in [-0.4, -0.2) is 29.3 Å². The first kappa shape index (κ1) is 14.6. The van der Waals surface area contributed by atoms with Crippen LogP contribution < -0.4 is 15.4 Å². The molecule has 3 rings (SSSR count). The molecule has 0 radical (unpaired) electrons. The highest BCUT2D eigenvalue weighted by Gasteiger charge is 2.27. The van der Waals surface area contributed by atoms with Crippen LogP contribution in [0.2, 0.25) is 0 Å². The molecule has 2 heterocycles. The average molecular weight is 300 g/mol. The maximum atomic E-state index is 12.6. The molecular weight excluding hydrogens is 280 g/mol. The lowest BCUT2D eigenvalue weighted by Crippen LogP contribution is -2.39. The maximum Gasteiger partial charge on any atom is 0.242 e. The Bertz CT molecular complexity index is 668. The zero-order valence-electron chi connectivity index (χ0n) is 12.7. The van der Waals surface area contributed by atoms with E-state index >= 15 is 0 Å². The zero-order valence-corrected chi connectivity index (χ0v) is 12.7. The summed E-state index contributed by atoms with van der Waals surface area (Å²) in [4.78, 5) is 12.6. The lowest BCUT2D eigenvalue weighted by molar-refractivity contribution is -0.124. The van der Waals surface area contributed by atoms with Crippen molar-refractivity contribution in [3.63, 3.8) is 0 Å². The minimum Gasteiger partial charge on any atom is -0.493 e. The Morgan fingerprint density at radius 2 is 2.27 bits per heavy atom. The highest BCUT2D eigenvalue weighted by Crippen LogP contribution is 2.31. The van der Waals surface area contributed by atoms with Gasteiger partial charge >= 0.3 is 0 Å². The predicted octanol–water partition coefficient (Wildman–Crippen LogP) is 1.32. The molecule has 0 saturated carbocycles. The van der Waals surface area contributed by atoms with Crippen LogP contribution in [-0.2, 0) is 11.8 Å². The molecule has 116 valence electrons. The molecule has 1 aliphatic rings. The summed E-state index contributed by atoms with van der Waals surface area (Å²) in [6.07, 6.45) is 4.32. The van der Waals surface area contributed by atoms with Crippen LogP contribution in [0.5, 0.6) is 5.75 Å². The molecule has 22 heavy (non-hydrogen) atoms. The zero-order chi connectivity index (χ0) is 15.5. The van der Waals surface area contributed by atoms with Crippen LogP contribution >= 0.6 is 0 Å². The van der Waals surface area contributed by atoms with Crippen LogP contribution in [0, 0.1) is 0 Å². The number of fused-ring (bicyclic) bond motifs is 1. The Balaban J connectivity index is 1.77. The quantitative estimate of drug-likeness (QED) is 0.893. The van der Waals surface area contributed by atoms with Gasteiger partial charge in [0.2, 0.25) is 5.91 Å². The van der Waals surface area contributed by atoms with Crippen LogP contribution in [0.3, 0.4) is 0 Å². The maximum absolute atomic E-state index is 12.6. The van der Waals surface area contributed by atoms with Gasteiger partial charge in [0.05, 0.1) is 18.8 Å². The molecule has 0 bridgehead atoms. The molecule has 6 nitrogen and oxygen atoms in total. The summed E-state index contributed by atoms with van der Waals surface area (Å²) in [7, 11) is 3.61. The number of rotatable bonds is 4. The summed E-state index contributed by atoms with van der Waals surface area (Å²) in [6.45, 7) is 0.610. The fraction of sp³-hybridized carbons (Fsp3) is 0.375. The number of nitrogens with one attached hydrogen (secondary N) is 2. The molecule has 0 spiro atoms. The van der Waals surface area contributed by atoms with Gasteiger partial charge in [0, 0.05) is 30.8 Å². The van der Waals surface area contributed by atoms with E-state index in [0.717, 1.165) is 23.3 Å². The van der Waals surface area contributed by atoms with Gasteiger partial charge in [0.1, 0.15) is 11.8 Å². The number of carbonyl (C=O) groups excluding carboxylic acids is 1. The Kier molecular flexibility index (Phi) is 4.11. The van der Waals surface area contributed by atoms with E-state index in [1.807, 2.05) is 37.5 Å². The smallest absolute Gasteiger partial charge is 0.242 e. The van der Waals surface area contributed by atoms with Crippen molar-refractivity contribution in [2.24, 2.45) is 7.05 Å². The first-order valence-electron chi connectivity index (χ1n) is 7.37. The molecule has 1 aliphatic heterocycles. The van der Waals surface area contributed by atoms with Crippen LogP contribution in [0.4, 0.5) is 0 Å². The number of nitrogens with zero attached hydrogens (tertiary/aromatic N) is 2. The number of ether oxygens (including phenoxy) is 1. The standard InChI is InChI=1S/C16H20N4O2/c1-17-15(11-9-18-20(2)10-11)16(21)19-13-7-8-22-14-6-4-3-5-12(13)14/h3-6,9-10,13,15,17H,7-8H2,1-2H3,(H,19,21). The highest BCUT2D eigenvalue weighted by atomic mass is 16.5. The molecule has 2 atom stereocenters. The summed E-state index contributed by atoms with van der Waals surface area (Å²) in [5.74, 6) is 0.790. The molecule has 1 amide bonds. The normalized spacial score (nSPS) is 18.2. The molecule has 0 aliphatic carbocycles. The lowest BCUT2D eigenvalue weighted by atomic mass is 9.99. The van der Waals surface area contributed by atoms with E-state index in [9.17, 15) is 4.79 Å². The van der Waals surface area contributed by atoms with Crippen molar-refractivity contribution in [2.75, 3.05) is 13.7 Å². The number of para-hydroxylation sites is 1. The molecule has 2 N–H and O–H groups in total. The molecule has 1 aromatic heterocycles. The molecule has 2 aromatic rings. The second-order valence-electron chi connectivity index (χ2n) is 5.41. The number of aromatic nitrogens is 2. The molecule has 6 heteroatoms. The van der Waals surface area contributed by atoms with Crippen molar-refractivity contribution >= 4 is 5.91 Å². The van der Waals surface area contributed by atoms with E-state index in [-0.39, 0.29) is 11.9 Å². The Hall–Kier alpha value is -2.34. The second kappa shape index (κ2) is 6.19. The van der Waals surface area contributed by atoms with E-state index in [1.54, 1.807) is 17.9 Å². The third-order valence-corrected chi connectivity index (χ3v) is 3.88. The number of likely N-dealkylation sites (N-methyl/N-ethyl adjacent to an activating group) is 1. The van der Waals surface area contributed by atoms with Gasteiger partial charge < -0.3 is 15.4 Å². The first-order valence-corrected chi connectivity index (χ1v) is 7.37. The molecule has 1 aromatic carbocycles. The van der Waals surface area contributed by atoms with Crippen LogP contribution in [0.15, 0.2) is 36.7 Å². The molecule has 2 unspecified atom stereocenters. The van der Waals surface area contributed by atoms with Crippen molar-refractivity contribution in [2.45, 2.75) is 18.5 Å². The van der Waals surface area contributed by atoms with Gasteiger partial charge in [0.15, 0.2) is 0 Å². The predicted molar refractivity (Wildman–Crippen MR) is 82.4 cm³/mol. The average Bonchev–Trinajstić information content (AvgIpc) is 2.94. The summed E-state index contributed by atoms with van der Waals surface area (Å²) in [5, 5.41) is 10.3. The van der Waals surface area contributed by atoms with Gasteiger partial charge in [-0.2, -0.15) is 5.10 Å². The van der Waals surface area contributed by atoms with Crippen molar-refractivity contribution in [1.82, 2.24) is 20.4 Å². The monoisotopic (exact) mass is 300 g/mol. The largest absolute Gasteiger partial charge is 0.493 e. The van der Waals surface area contributed by atoms with Gasteiger partial charge in [0.25, 0.3) is 0 Å². The Labute approximate surface area is 129 Å². The SMILES string of the molecule is CNC(C(=O)NC1CCOc2ccccc21)c1cnn(C)c1. The Morgan fingerprint density at radius 1 is 1.45 bits per heavy atom. The summed E-state index contributed by atoms with van der Waals surface area (Å²) in [6, 6.07) is 7.40. The number of hydrogen-bond acceptors (Lipinski definition) is 4. The summed E-state index contributed by atoms with van der Waals surface area (Å²) in [5.41, 5.74) is 1.88. The van der Waals surface area contributed by atoms with E-state index in [0.29, 0.717) is 6.61 Å². The Morgan fingerprint density at radius 3 is 3.00 bits per heavy atom. The molecule has 0 saturated heterocycles. The van der Waals surface area contributed by atoms with Crippen molar-refractivity contribution in [3.05, 3.63) is 47.8 Å². The van der Waals surface area contributed by atoms with Gasteiger partial charge in [-0.05, 0) is 13.1 Å². The topological polar surface area (TPSA) is 68.2 Å². The van der Waals surface area contributed by atoms with Crippen molar-refractivity contribution < 1.29 is 9.53 Å². The summed E-state index contributed by atoms with van der Waals surface area (Å²) < 4.78 is 7.32. The van der Waals surface area contributed by atoms with Gasteiger partial charge in [-0.15, -0.1) is 0 Å². The summed E-state index contributed by atoms with van der Waals surface area (Å²) >= 11 is 0. The van der Waals surface area contributed by atoms with Gasteiger partial charge in [-0.1, -0.05) is 18.2 Å². The molecule has 0 fully saturated rings. The van der Waals surface area contributed by atoms with E-state index in [2.05, 4.69) is 15.7 Å². The van der Waals surface area contributed by atoms with E-state index < -0.39 is 6.04 Å². The third-order valence-electron chi connectivity index (χ3n) is 3.88. The minimum absolute atomic E-state index is 0.0232. The number of hydrogen-bond donors (Lipinski definition) is 2. The minimum atomic E-state index is -0.413. The number of amides is 1. The third kappa shape index (κ3) is 2.82. The van der Waals surface area contributed by atoms with Crippen molar-refractivity contribution in [1.29, 1.82) is 0 Å². The van der Waals surface area contributed by atoms with Crippen molar-refractivity contribution in [3.8, 4) is 5.75 Å². The van der Waals surface area contributed by atoms with Gasteiger partial charge in [-0.25, -0.2) is 0 Å². The second-order valence-corrected chi connectivity index (χ2v) is 5.41. The lowest BCUT2D eigenvalue weighted by Gasteiger charge is -2.28. The van der Waals surface area contributed by atoms with E-state index in [1.165, 1.54) is 0 Å². The number of benzene rings is 1. The van der Waals surface area contributed by atoms with Crippen LogP contribution in [0.25, 0.3) is 0 Å².